The lowest BCUT2D eigenvalue weighted by Crippen LogP contribution is -2.40. The van der Waals surface area contributed by atoms with Crippen LogP contribution in [0.2, 0.25) is 0 Å². The number of benzene rings is 1. The Morgan fingerprint density at radius 2 is 2.06 bits per heavy atom. The minimum absolute atomic E-state index is 0.372. The molecule has 0 amide bonds. The van der Waals surface area contributed by atoms with Gasteiger partial charge in [-0.1, -0.05) is 58.7 Å². The maximum absolute atomic E-state index is 4.71. The third-order valence-electron chi connectivity index (χ3n) is 3.77. The van der Waals surface area contributed by atoms with Gasteiger partial charge in [0.25, 0.3) is 0 Å². The van der Waals surface area contributed by atoms with Crippen molar-refractivity contribution in [1.29, 1.82) is 0 Å². The van der Waals surface area contributed by atoms with Crippen LogP contribution in [0.3, 0.4) is 0 Å². The smallest absolute Gasteiger partial charge is 0.157 e. The van der Waals surface area contributed by atoms with Crippen LogP contribution in [-0.2, 0) is 6.54 Å². The molecule has 1 spiro atoms. The van der Waals surface area contributed by atoms with Crippen molar-refractivity contribution in [3.05, 3.63) is 34.3 Å². The first kappa shape index (κ1) is 12.5. The molecule has 1 saturated carbocycles. The number of amidine groups is 1. The number of nitrogens with one attached hydrogen (secondary N) is 1. The highest BCUT2D eigenvalue weighted by Gasteiger charge is 2.39. The summed E-state index contributed by atoms with van der Waals surface area (Å²) in [7, 11) is 0. The maximum Gasteiger partial charge on any atom is 0.157 e. The van der Waals surface area contributed by atoms with Crippen LogP contribution in [0.25, 0.3) is 0 Å². The Labute approximate surface area is 121 Å². The van der Waals surface area contributed by atoms with Crippen molar-refractivity contribution in [3.8, 4) is 0 Å². The first-order valence-corrected chi connectivity index (χ1v) is 8.24. The molecule has 96 valence electrons. The quantitative estimate of drug-likeness (QED) is 0.890. The molecule has 0 unspecified atom stereocenters. The zero-order valence-electron chi connectivity index (χ0n) is 10.3. The topological polar surface area (TPSA) is 24.4 Å². The average molecular weight is 325 g/mol. The Bertz CT molecular complexity index is 467. The third kappa shape index (κ3) is 2.59. The number of nitrogens with zero attached hydrogens (tertiary/aromatic N) is 1. The van der Waals surface area contributed by atoms with Crippen LogP contribution in [-0.4, -0.2) is 16.5 Å². The number of rotatable bonds is 2. The predicted molar refractivity (Wildman–Crippen MR) is 82.1 cm³/mol. The Hall–Kier alpha value is -0.480. The Morgan fingerprint density at radius 3 is 2.83 bits per heavy atom. The normalized spacial score (nSPS) is 23.7. The standard InChI is InChI=1S/C14H17BrN2S/c15-12-6-2-1-5-11(12)9-16-13-17-14(10-18-13)7-3-4-8-14/h1-2,5-6H,3-4,7-10H2,(H,16,17). The lowest BCUT2D eigenvalue weighted by atomic mass is 10.0. The van der Waals surface area contributed by atoms with Crippen molar-refractivity contribution in [1.82, 2.24) is 5.32 Å². The maximum atomic E-state index is 4.71. The first-order valence-electron chi connectivity index (χ1n) is 6.46. The van der Waals surface area contributed by atoms with E-state index in [0.717, 1.165) is 16.2 Å². The summed E-state index contributed by atoms with van der Waals surface area (Å²) in [6.45, 7) is 0.757. The SMILES string of the molecule is Brc1ccccc1CN=C1NC2(CCCC2)CS1. The van der Waals surface area contributed by atoms with Gasteiger partial charge < -0.3 is 5.32 Å². The van der Waals surface area contributed by atoms with Gasteiger partial charge in [0.1, 0.15) is 0 Å². The highest BCUT2D eigenvalue weighted by molar-refractivity contribution is 9.10. The van der Waals surface area contributed by atoms with Crippen LogP contribution in [0.5, 0.6) is 0 Å². The highest BCUT2D eigenvalue weighted by atomic mass is 79.9. The zero-order chi connectivity index (χ0) is 12.4. The van der Waals surface area contributed by atoms with E-state index in [2.05, 4.69) is 39.4 Å². The second kappa shape index (κ2) is 5.25. The molecule has 2 fully saturated rings. The summed E-state index contributed by atoms with van der Waals surface area (Å²) in [6.07, 6.45) is 5.36. The summed E-state index contributed by atoms with van der Waals surface area (Å²) >= 11 is 5.46. The molecule has 0 radical (unpaired) electrons. The Morgan fingerprint density at radius 1 is 1.28 bits per heavy atom. The highest BCUT2D eigenvalue weighted by Crippen LogP contribution is 2.37. The summed E-state index contributed by atoms with van der Waals surface area (Å²) in [6, 6.07) is 8.30. The fraction of sp³-hybridized carbons (Fsp3) is 0.500. The number of aliphatic imine (C=N–C) groups is 1. The lowest BCUT2D eigenvalue weighted by molar-refractivity contribution is 0.452. The van der Waals surface area contributed by atoms with Gasteiger partial charge in [-0.3, -0.25) is 4.99 Å². The van der Waals surface area contributed by atoms with Crippen molar-refractivity contribution in [2.45, 2.75) is 37.8 Å². The third-order valence-corrected chi connectivity index (χ3v) is 5.74. The molecule has 1 aliphatic heterocycles. The van der Waals surface area contributed by atoms with Gasteiger partial charge in [0.2, 0.25) is 0 Å². The van der Waals surface area contributed by atoms with Crippen molar-refractivity contribution in [2.24, 2.45) is 4.99 Å². The van der Waals surface area contributed by atoms with E-state index in [4.69, 9.17) is 4.99 Å². The van der Waals surface area contributed by atoms with Gasteiger partial charge in [0, 0.05) is 15.8 Å². The molecule has 1 aliphatic carbocycles. The second-order valence-corrected chi connectivity index (χ2v) is 6.93. The van der Waals surface area contributed by atoms with Crippen molar-refractivity contribution >= 4 is 32.9 Å². The Kier molecular flexibility index (Phi) is 3.66. The second-order valence-electron chi connectivity index (χ2n) is 5.11. The van der Waals surface area contributed by atoms with E-state index >= 15 is 0 Å². The number of halogens is 1. The molecular formula is C14H17BrN2S. The predicted octanol–water partition coefficient (Wildman–Crippen LogP) is 3.95. The van der Waals surface area contributed by atoms with E-state index in [1.54, 1.807) is 0 Å². The minimum Gasteiger partial charge on any atom is -0.359 e. The monoisotopic (exact) mass is 324 g/mol. The summed E-state index contributed by atoms with van der Waals surface area (Å²) < 4.78 is 1.15. The van der Waals surface area contributed by atoms with E-state index in [1.807, 2.05) is 17.8 Å². The molecule has 1 heterocycles. The average Bonchev–Trinajstić information content (AvgIpc) is 3.00. The molecule has 0 bridgehead atoms. The molecule has 18 heavy (non-hydrogen) atoms. The van der Waals surface area contributed by atoms with Gasteiger partial charge in [0.15, 0.2) is 5.17 Å². The molecule has 2 nitrogen and oxygen atoms in total. The van der Waals surface area contributed by atoms with Gasteiger partial charge in [-0.15, -0.1) is 0 Å². The van der Waals surface area contributed by atoms with E-state index in [9.17, 15) is 0 Å². The van der Waals surface area contributed by atoms with Crippen LogP contribution in [0.4, 0.5) is 0 Å². The van der Waals surface area contributed by atoms with Crippen molar-refractivity contribution in [3.63, 3.8) is 0 Å². The Balaban J connectivity index is 1.66. The largest absolute Gasteiger partial charge is 0.359 e. The fourth-order valence-electron chi connectivity index (χ4n) is 2.70. The molecule has 1 saturated heterocycles. The van der Waals surface area contributed by atoms with E-state index in [0.29, 0.717) is 5.54 Å². The van der Waals surface area contributed by atoms with Crippen LogP contribution in [0.15, 0.2) is 33.7 Å². The minimum atomic E-state index is 0.372. The fourth-order valence-corrected chi connectivity index (χ4v) is 4.32. The van der Waals surface area contributed by atoms with Crippen LogP contribution < -0.4 is 5.32 Å². The van der Waals surface area contributed by atoms with Crippen molar-refractivity contribution < 1.29 is 0 Å². The lowest BCUT2D eigenvalue weighted by Gasteiger charge is -2.21. The van der Waals surface area contributed by atoms with Crippen LogP contribution in [0.1, 0.15) is 31.2 Å². The molecule has 0 atom stereocenters. The van der Waals surface area contributed by atoms with Gasteiger partial charge in [0.05, 0.1) is 6.54 Å². The summed E-state index contributed by atoms with van der Waals surface area (Å²) in [4.78, 5) is 4.71. The number of hydrogen-bond acceptors (Lipinski definition) is 2. The molecular weight excluding hydrogens is 308 g/mol. The van der Waals surface area contributed by atoms with Gasteiger partial charge >= 0.3 is 0 Å². The van der Waals surface area contributed by atoms with Gasteiger partial charge in [-0.2, -0.15) is 0 Å². The van der Waals surface area contributed by atoms with E-state index in [1.165, 1.54) is 37.0 Å². The van der Waals surface area contributed by atoms with E-state index in [-0.39, 0.29) is 0 Å². The molecule has 1 N–H and O–H groups in total. The zero-order valence-corrected chi connectivity index (χ0v) is 12.7. The number of thioether (sulfide) groups is 1. The van der Waals surface area contributed by atoms with Crippen LogP contribution >= 0.6 is 27.7 Å². The van der Waals surface area contributed by atoms with Gasteiger partial charge in [-0.25, -0.2) is 0 Å². The molecule has 2 aliphatic rings. The van der Waals surface area contributed by atoms with Crippen molar-refractivity contribution in [2.75, 3.05) is 5.75 Å². The molecule has 1 aromatic carbocycles. The summed E-state index contributed by atoms with van der Waals surface area (Å²) in [5.41, 5.74) is 1.62. The summed E-state index contributed by atoms with van der Waals surface area (Å²) in [5, 5.41) is 4.79. The van der Waals surface area contributed by atoms with Gasteiger partial charge in [-0.05, 0) is 24.5 Å². The summed E-state index contributed by atoms with van der Waals surface area (Å²) in [5.74, 6) is 1.20. The first-order chi connectivity index (χ1) is 8.77. The molecule has 3 rings (SSSR count). The molecule has 4 heteroatoms. The molecule has 1 aromatic rings. The van der Waals surface area contributed by atoms with Crippen LogP contribution in [0, 0.1) is 0 Å². The van der Waals surface area contributed by atoms with E-state index < -0.39 is 0 Å². The number of hydrogen-bond donors (Lipinski definition) is 1. The molecule has 0 aromatic heterocycles.